The summed E-state index contributed by atoms with van der Waals surface area (Å²) in [6, 6.07) is 8.08. The molecule has 0 atom stereocenters. The Morgan fingerprint density at radius 3 is 2.41 bits per heavy atom. The van der Waals surface area contributed by atoms with Crippen LogP contribution in [0.3, 0.4) is 0 Å². The fourth-order valence-corrected chi connectivity index (χ4v) is 2.20. The average molecular weight is 232 g/mol. The number of nitrogens with zero attached hydrogens (tertiary/aromatic N) is 1. The standard InChI is InChI=1S/C14H20N2O/c1-11-4-6-12(7-5-11)16(3)13(17)14(8-9-14)10-15-2/h4-7,15H,8-10H2,1-3H3. The molecule has 0 spiro atoms. The van der Waals surface area contributed by atoms with Gasteiger partial charge >= 0.3 is 0 Å². The third-order valence-corrected chi connectivity index (χ3v) is 3.55. The number of anilines is 1. The minimum absolute atomic E-state index is 0.144. The van der Waals surface area contributed by atoms with Crippen molar-refractivity contribution >= 4 is 11.6 Å². The normalized spacial score (nSPS) is 16.6. The van der Waals surface area contributed by atoms with E-state index in [0.717, 1.165) is 25.1 Å². The summed E-state index contributed by atoms with van der Waals surface area (Å²) in [5, 5.41) is 3.12. The molecule has 1 aliphatic rings. The molecule has 1 aromatic carbocycles. The molecule has 0 aliphatic heterocycles. The van der Waals surface area contributed by atoms with Crippen molar-refractivity contribution in [2.24, 2.45) is 5.41 Å². The van der Waals surface area contributed by atoms with Crippen molar-refractivity contribution in [1.82, 2.24) is 5.32 Å². The molecule has 1 aromatic rings. The van der Waals surface area contributed by atoms with Gasteiger partial charge in [0.2, 0.25) is 5.91 Å². The van der Waals surface area contributed by atoms with E-state index in [-0.39, 0.29) is 11.3 Å². The largest absolute Gasteiger partial charge is 0.319 e. The summed E-state index contributed by atoms with van der Waals surface area (Å²) in [6.07, 6.45) is 2.01. The van der Waals surface area contributed by atoms with E-state index in [2.05, 4.69) is 12.2 Å². The Kier molecular flexibility index (Phi) is 3.20. The van der Waals surface area contributed by atoms with Crippen molar-refractivity contribution in [3.63, 3.8) is 0 Å². The lowest BCUT2D eigenvalue weighted by Gasteiger charge is -2.23. The fraction of sp³-hybridized carbons (Fsp3) is 0.500. The van der Waals surface area contributed by atoms with Crippen LogP contribution in [0, 0.1) is 12.3 Å². The third kappa shape index (κ3) is 2.34. The summed E-state index contributed by atoms with van der Waals surface area (Å²) in [7, 11) is 3.77. The molecule has 2 rings (SSSR count). The Morgan fingerprint density at radius 1 is 1.35 bits per heavy atom. The van der Waals surface area contributed by atoms with Crippen LogP contribution in [0.2, 0.25) is 0 Å². The number of benzene rings is 1. The van der Waals surface area contributed by atoms with Crippen LogP contribution in [-0.4, -0.2) is 26.5 Å². The second-order valence-electron chi connectivity index (χ2n) is 5.01. The molecule has 92 valence electrons. The Labute approximate surface area is 103 Å². The fourth-order valence-electron chi connectivity index (χ4n) is 2.20. The SMILES string of the molecule is CNCC1(C(=O)N(C)c2ccc(C)cc2)CC1. The predicted octanol–water partition coefficient (Wildman–Crippen LogP) is 1.96. The number of hydrogen-bond acceptors (Lipinski definition) is 2. The number of rotatable bonds is 4. The number of hydrogen-bond donors (Lipinski definition) is 1. The van der Waals surface area contributed by atoms with Gasteiger partial charge in [0.25, 0.3) is 0 Å². The van der Waals surface area contributed by atoms with Crippen LogP contribution in [0.4, 0.5) is 5.69 Å². The Bertz CT molecular complexity index is 407. The highest BCUT2D eigenvalue weighted by Gasteiger charge is 2.50. The maximum Gasteiger partial charge on any atom is 0.234 e. The zero-order chi connectivity index (χ0) is 12.5. The summed E-state index contributed by atoms with van der Waals surface area (Å²) in [5.74, 6) is 0.232. The number of carbonyl (C=O) groups is 1. The zero-order valence-electron chi connectivity index (χ0n) is 10.8. The van der Waals surface area contributed by atoms with E-state index < -0.39 is 0 Å². The molecule has 17 heavy (non-hydrogen) atoms. The number of nitrogens with one attached hydrogen (secondary N) is 1. The summed E-state index contributed by atoms with van der Waals surface area (Å²) >= 11 is 0. The van der Waals surface area contributed by atoms with Gasteiger partial charge in [-0.3, -0.25) is 4.79 Å². The molecule has 0 aromatic heterocycles. The second-order valence-corrected chi connectivity index (χ2v) is 5.01. The molecule has 1 N–H and O–H groups in total. The topological polar surface area (TPSA) is 32.3 Å². The lowest BCUT2D eigenvalue weighted by atomic mass is 10.1. The van der Waals surface area contributed by atoms with E-state index >= 15 is 0 Å². The molecular weight excluding hydrogens is 212 g/mol. The predicted molar refractivity (Wildman–Crippen MR) is 70.2 cm³/mol. The van der Waals surface area contributed by atoms with E-state index in [1.165, 1.54) is 5.56 Å². The van der Waals surface area contributed by atoms with Crippen molar-refractivity contribution in [2.75, 3.05) is 25.5 Å². The Morgan fingerprint density at radius 2 is 1.94 bits per heavy atom. The minimum atomic E-state index is -0.144. The van der Waals surface area contributed by atoms with Gasteiger partial charge in [-0.15, -0.1) is 0 Å². The first-order valence-electron chi connectivity index (χ1n) is 6.08. The van der Waals surface area contributed by atoms with Gasteiger partial charge < -0.3 is 10.2 Å². The molecular formula is C14H20N2O. The first-order valence-corrected chi connectivity index (χ1v) is 6.08. The molecule has 0 heterocycles. The van der Waals surface area contributed by atoms with Gasteiger partial charge in [0, 0.05) is 19.3 Å². The molecule has 3 heteroatoms. The molecule has 3 nitrogen and oxygen atoms in total. The van der Waals surface area contributed by atoms with Crippen molar-refractivity contribution in [1.29, 1.82) is 0 Å². The van der Waals surface area contributed by atoms with Gasteiger partial charge in [-0.25, -0.2) is 0 Å². The second kappa shape index (κ2) is 4.49. The van der Waals surface area contributed by atoms with Crippen molar-refractivity contribution in [3.05, 3.63) is 29.8 Å². The lowest BCUT2D eigenvalue weighted by Crippen LogP contribution is -2.39. The van der Waals surface area contributed by atoms with Gasteiger partial charge in [-0.05, 0) is 38.9 Å². The maximum atomic E-state index is 12.4. The number of carbonyl (C=O) groups excluding carboxylic acids is 1. The van der Waals surface area contributed by atoms with Gasteiger partial charge in [0.1, 0.15) is 0 Å². The van der Waals surface area contributed by atoms with Crippen LogP contribution in [0.1, 0.15) is 18.4 Å². The number of amides is 1. The van der Waals surface area contributed by atoms with E-state index in [4.69, 9.17) is 0 Å². The highest BCUT2D eigenvalue weighted by molar-refractivity contribution is 5.99. The molecule has 0 bridgehead atoms. The van der Waals surface area contributed by atoms with Crippen molar-refractivity contribution in [3.8, 4) is 0 Å². The van der Waals surface area contributed by atoms with Crippen molar-refractivity contribution in [2.45, 2.75) is 19.8 Å². The summed E-state index contributed by atoms with van der Waals surface area (Å²) < 4.78 is 0. The molecule has 1 fully saturated rings. The van der Waals surface area contributed by atoms with E-state index in [0.29, 0.717) is 0 Å². The molecule has 1 amide bonds. The van der Waals surface area contributed by atoms with Gasteiger partial charge in [0.15, 0.2) is 0 Å². The average Bonchev–Trinajstić information content (AvgIpc) is 3.10. The van der Waals surface area contributed by atoms with E-state index in [9.17, 15) is 4.79 Å². The molecule has 1 saturated carbocycles. The Hall–Kier alpha value is -1.35. The van der Waals surface area contributed by atoms with Crippen LogP contribution in [-0.2, 0) is 4.79 Å². The summed E-state index contributed by atoms with van der Waals surface area (Å²) in [5.41, 5.74) is 2.04. The lowest BCUT2D eigenvalue weighted by molar-refractivity contribution is -0.123. The summed E-state index contributed by atoms with van der Waals surface area (Å²) in [4.78, 5) is 14.2. The molecule has 0 saturated heterocycles. The Balaban J connectivity index is 2.12. The monoisotopic (exact) mass is 232 g/mol. The molecule has 0 radical (unpaired) electrons. The van der Waals surface area contributed by atoms with Gasteiger partial charge in [-0.2, -0.15) is 0 Å². The first kappa shape index (κ1) is 12.1. The third-order valence-electron chi connectivity index (χ3n) is 3.55. The molecule has 0 unspecified atom stereocenters. The van der Waals surface area contributed by atoms with Gasteiger partial charge in [-0.1, -0.05) is 17.7 Å². The summed E-state index contributed by atoms with van der Waals surface area (Å²) in [6.45, 7) is 2.83. The van der Waals surface area contributed by atoms with E-state index in [1.807, 2.05) is 38.4 Å². The first-order chi connectivity index (χ1) is 8.09. The zero-order valence-corrected chi connectivity index (χ0v) is 10.8. The molecule has 1 aliphatic carbocycles. The highest BCUT2D eigenvalue weighted by atomic mass is 16.2. The smallest absolute Gasteiger partial charge is 0.234 e. The van der Waals surface area contributed by atoms with Crippen molar-refractivity contribution < 1.29 is 4.79 Å². The van der Waals surface area contributed by atoms with Crippen LogP contribution in [0.25, 0.3) is 0 Å². The minimum Gasteiger partial charge on any atom is -0.319 e. The van der Waals surface area contributed by atoms with Crippen LogP contribution < -0.4 is 10.2 Å². The van der Waals surface area contributed by atoms with E-state index in [1.54, 1.807) is 4.90 Å². The maximum absolute atomic E-state index is 12.4. The van der Waals surface area contributed by atoms with Crippen LogP contribution in [0.15, 0.2) is 24.3 Å². The van der Waals surface area contributed by atoms with Crippen LogP contribution >= 0.6 is 0 Å². The van der Waals surface area contributed by atoms with Crippen LogP contribution in [0.5, 0.6) is 0 Å². The van der Waals surface area contributed by atoms with Gasteiger partial charge in [0.05, 0.1) is 5.41 Å². The number of aryl methyl sites for hydroxylation is 1. The highest BCUT2D eigenvalue weighted by Crippen LogP contribution is 2.46. The quantitative estimate of drug-likeness (QED) is 0.860.